The molecule has 0 saturated heterocycles. The van der Waals surface area contributed by atoms with Crippen LogP contribution in [0.2, 0.25) is 0 Å². The molecule has 0 spiro atoms. The van der Waals surface area contributed by atoms with Gasteiger partial charge in [-0.05, 0) is 37.3 Å². The number of allylic oxidation sites excluding steroid dienone is 5. The van der Waals surface area contributed by atoms with Crippen LogP contribution in [0.5, 0.6) is 0 Å². The number of aryl methyl sites for hydroxylation is 1. The van der Waals surface area contributed by atoms with Gasteiger partial charge in [0.05, 0.1) is 6.61 Å². The Morgan fingerprint density at radius 1 is 1.00 bits per heavy atom. The van der Waals surface area contributed by atoms with Crippen molar-refractivity contribution in [1.82, 2.24) is 4.98 Å². The highest BCUT2D eigenvalue weighted by Gasteiger charge is 1.92. The predicted octanol–water partition coefficient (Wildman–Crippen LogP) is 3.85. The lowest BCUT2D eigenvalue weighted by atomic mass is 10.1. The van der Waals surface area contributed by atoms with Crippen LogP contribution in [-0.4, -0.2) is 16.7 Å². The number of aliphatic hydroxyl groups excluding tert-OH is 1. The topological polar surface area (TPSA) is 33.1 Å². The Morgan fingerprint density at radius 3 is 2.58 bits per heavy atom. The molecule has 0 amide bonds. The standard InChI is InChI=1S/C17H23NO/c19-15-10-8-6-4-2-1-3-5-7-9-12-17-13-11-14-18-16-17/h1-2,4,6,8,10-11,13-14,16,19H,3,5,7,9,12,15H2/b2-1+,6-4+,10-8+. The van der Waals surface area contributed by atoms with E-state index in [0.717, 1.165) is 12.8 Å². The average molecular weight is 257 g/mol. The molecule has 1 N–H and O–H groups in total. The molecule has 1 aromatic rings. The van der Waals surface area contributed by atoms with Gasteiger partial charge in [0.15, 0.2) is 0 Å². The van der Waals surface area contributed by atoms with Crippen molar-refractivity contribution in [2.75, 3.05) is 6.61 Å². The first-order valence-corrected chi connectivity index (χ1v) is 6.91. The van der Waals surface area contributed by atoms with Gasteiger partial charge in [0.1, 0.15) is 0 Å². The zero-order chi connectivity index (χ0) is 13.6. The van der Waals surface area contributed by atoms with Crippen LogP contribution in [0.25, 0.3) is 0 Å². The zero-order valence-electron chi connectivity index (χ0n) is 11.4. The SMILES string of the molecule is OC/C=C/C=C/C=C/CCCCCc1cccnc1. The summed E-state index contributed by atoms with van der Waals surface area (Å²) in [6, 6.07) is 4.13. The molecule has 1 aromatic heterocycles. The number of rotatable bonds is 9. The Morgan fingerprint density at radius 2 is 1.84 bits per heavy atom. The first-order chi connectivity index (χ1) is 9.43. The van der Waals surface area contributed by atoms with E-state index in [1.165, 1.54) is 24.8 Å². The van der Waals surface area contributed by atoms with Crippen LogP contribution in [0.1, 0.15) is 31.2 Å². The number of hydrogen-bond donors (Lipinski definition) is 1. The minimum absolute atomic E-state index is 0.102. The van der Waals surface area contributed by atoms with Gasteiger partial charge < -0.3 is 5.11 Å². The number of hydrogen-bond acceptors (Lipinski definition) is 2. The Bertz CT molecular complexity index is 393. The average Bonchev–Trinajstić information content (AvgIpc) is 2.46. The second-order valence-corrected chi connectivity index (χ2v) is 4.38. The van der Waals surface area contributed by atoms with Crippen molar-refractivity contribution in [3.05, 3.63) is 66.5 Å². The molecule has 0 atom stereocenters. The van der Waals surface area contributed by atoms with Gasteiger partial charge in [0, 0.05) is 12.4 Å². The molecule has 0 bridgehead atoms. The van der Waals surface area contributed by atoms with Gasteiger partial charge in [0.2, 0.25) is 0 Å². The Hall–Kier alpha value is -1.67. The summed E-state index contributed by atoms with van der Waals surface area (Å²) < 4.78 is 0. The molecule has 0 radical (unpaired) electrons. The number of pyridine rings is 1. The van der Waals surface area contributed by atoms with Gasteiger partial charge in [-0.2, -0.15) is 0 Å². The van der Waals surface area contributed by atoms with Gasteiger partial charge >= 0.3 is 0 Å². The van der Waals surface area contributed by atoms with Gasteiger partial charge in [-0.3, -0.25) is 4.98 Å². The van der Waals surface area contributed by atoms with E-state index in [1.54, 1.807) is 6.08 Å². The number of aliphatic hydroxyl groups is 1. The summed E-state index contributed by atoms with van der Waals surface area (Å²) in [5.41, 5.74) is 1.33. The van der Waals surface area contributed by atoms with Gasteiger partial charge in [-0.15, -0.1) is 0 Å². The first-order valence-electron chi connectivity index (χ1n) is 6.91. The smallest absolute Gasteiger partial charge is 0.0615 e. The molecule has 0 aliphatic rings. The highest BCUT2D eigenvalue weighted by molar-refractivity contribution is 5.11. The molecule has 1 rings (SSSR count). The van der Waals surface area contributed by atoms with Gasteiger partial charge in [0.25, 0.3) is 0 Å². The maximum absolute atomic E-state index is 8.53. The second-order valence-electron chi connectivity index (χ2n) is 4.38. The molecule has 0 aliphatic carbocycles. The summed E-state index contributed by atoms with van der Waals surface area (Å²) in [5, 5.41) is 8.53. The van der Waals surface area contributed by atoms with Crippen molar-refractivity contribution in [1.29, 1.82) is 0 Å². The summed E-state index contributed by atoms with van der Waals surface area (Å²) in [4.78, 5) is 4.11. The van der Waals surface area contributed by atoms with E-state index in [-0.39, 0.29) is 6.61 Å². The van der Waals surface area contributed by atoms with Crippen LogP contribution >= 0.6 is 0 Å². The van der Waals surface area contributed by atoms with Gasteiger partial charge in [-0.1, -0.05) is 48.9 Å². The largest absolute Gasteiger partial charge is 0.392 e. The van der Waals surface area contributed by atoms with E-state index in [0.29, 0.717) is 0 Å². The summed E-state index contributed by atoms with van der Waals surface area (Å²) in [5.74, 6) is 0. The highest BCUT2D eigenvalue weighted by Crippen LogP contribution is 2.06. The lowest BCUT2D eigenvalue weighted by Crippen LogP contribution is -1.86. The van der Waals surface area contributed by atoms with E-state index in [9.17, 15) is 0 Å². The van der Waals surface area contributed by atoms with Crippen molar-refractivity contribution in [2.45, 2.75) is 32.1 Å². The Balaban J connectivity index is 1.98. The second kappa shape index (κ2) is 11.4. The van der Waals surface area contributed by atoms with Crippen LogP contribution in [0.15, 0.2) is 61.0 Å². The van der Waals surface area contributed by atoms with Crippen LogP contribution in [0.4, 0.5) is 0 Å². The fourth-order valence-electron chi connectivity index (χ4n) is 1.76. The van der Waals surface area contributed by atoms with Crippen LogP contribution in [0.3, 0.4) is 0 Å². The maximum atomic E-state index is 8.53. The lowest BCUT2D eigenvalue weighted by Gasteiger charge is -1.99. The van der Waals surface area contributed by atoms with Gasteiger partial charge in [-0.25, -0.2) is 0 Å². The minimum Gasteiger partial charge on any atom is -0.392 e. The molecule has 0 saturated carbocycles. The molecule has 1 heterocycles. The normalized spacial score (nSPS) is 12.1. The Kier molecular flexibility index (Phi) is 9.25. The molecule has 0 unspecified atom stereocenters. The van der Waals surface area contributed by atoms with Crippen LogP contribution in [-0.2, 0) is 6.42 Å². The molecule has 19 heavy (non-hydrogen) atoms. The molecule has 2 heteroatoms. The van der Waals surface area contributed by atoms with Crippen molar-refractivity contribution in [3.8, 4) is 0 Å². The van der Waals surface area contributed by atoms with Crippen molar-refractivity contribution < 1.29 is 5.11 Å². The van der Waals surface area contributed by atoms with Crippen molar-refractivity contribution in [2.24, 2.45) is 0 Å². The predicted molar refractivity (Wildman–Crippen MR) is 80.9 cm³/mol. The third kappa shape index (κ3) is 8.97. The van der Waals surface area contributed by atoms with Crippen molar-refractivity contribution in [3.63, 3.8) is 0 Å². The van der Waals surface area contributed by atoms with E-state index in [2.05, 4.69) is 23.2 Å². The lowest BCUT2D eigenvalue weighted by molar-refractivity contribution is 0.343. The van der Waals surface area contributed by atoms with Crippen molar-refractivity contribution >= 4 is 0 Å². The zero-order valence-corrected chi connectivity index (χ0v) is 11.4. The monoisotopic (exact) mass is 257 g/mol. The Labute approximate surface area is 116 Å². The summed E-state index contributed by atoms with van der Waals surface area (Å²) in [7, 11) is 0. The molecule has 2 nitrogen and oxygen atoms in total. The molecule has 102 valence electrons. The summed E-state index contributed by atoms with van der Waals surface area (Å²) >= 11 is 0. The van der Waals surface area contributed by atoms with E-state index in [1.807, 2.05) is 36.7 Å². The van der Waals surface area contributed by atoms with Crippen LogP contribution in [0, 0.1) is 0 Å². The highest BCUT2D eigenvalue weighted by atomic mass is 16.2. The molecular formula is C17H23NO. The third-order valence-electron chi connectivity index (χ3n) is 2.77. The quantitative estimate of drug-likeness (QED) is 0.538. The molecule has 0 fully saturated rings. The molecule has 0 aromatic carbocycles. The fourth-order valence-corrected chi connectivity index (χ4v) is 1.76. The van der Waals surface area contributed by atoms with Crippen LogP contribution < -0.4 is 0 Å². The maximum Gasteiger partial charge on any atom is 0.0615 e. The number of unbranched alkanes of at least 4 members (excludes halogenated alkanes) is 3. The van der Waals surface area contributed by atoms with E-state index < -0.39 is 0 Å². The number of nitrogens with zero attached hydrogens (tertiary/aromatic N) is 1. The fraction of sp³-hybridized carbons (Fsp3) is 0.353. The molecular weight excluding hydrogens is 234 g/mol. The third-order valence-corrected chi connectivity index (χ3v) is 2.77. The number of aromatic nitrogens is 1. The molecule has 0 aliphatic heterocycles. The first kappa shape index (κ1) is 15.4. The minimum atomic E-state index is 0.102. The summed E-state index contributed by atoms with van der Waals surface area (Å²) in [6.07, 6.45) is 21.5. The summed E-state index contributed by atoms with van der Waals surface area (Å²) in [6.45, 7) is 0.102. The van der Waals surface area contributed by atoms with E-state index in [4.69, 9.17) is 5.11 Å². The van der Waals surface area contributed by atoms with E-state index >= 15 is 0 Å².